The zero-order valence-corrected chi connectivity index (χ0v) is 15.5. The summed E-state index contributed by atoms with van der Waals surface area (Å²) in [6, 6.07) is 6.10. The van der Waals surface area contributed by atoms with E-state index < -0.39 is 10.0 Å². The number of likely N-dealkylation sites (N-methyl/N-ethyl adjacent to an activating group) is 2. The van der Waals surface area contributed by atoms with E-state index >= 15 is 0 Å². The van der Waals surface area contributed by atoms with Crippen molar-refractivity contribution < 1.29 is 17.9 Å². The van der Waals surface area contributed by atoms with Gasteiger partial charge < -0.3 is 15.0 Å². The summed E-state index contributed by atoms with van der Waals surface area (Å²) >= 11 is 0. The van der Waals surface area contributed by atoms with Gasteiger partial charge >= 0.3 is 0 Å². The topological polar surface area (TPSA) is 79.0 Å². The Morgan fingerprint density at radius 1 is 1.25 bits per heavy atom. The van der Waals surface area contributed by atoms with Gasteiger partial charge in [-0.2, -0.15) is 4.31 Å². The van der Waals surface area contributed by atoms with Gasteiger partial charge in [0, 0.05) is 38.8 Å². The molecule has 0 aromatic heterocycles. The summed E-state index contributed by atoms with van der Waals surface area (Å²) in [6.45, 7) is 2.82. The van der Waals surface area contributed by atoms with E-state index in [4.69, 9.17) is 4.74 Å². The second-order valence-corrected chi connectivity index (χ2v) is 7.31. The third kappa shape index (κ3) is 4.90. The van der Waals surface area contributed by atoms with Crippen LogP contribution < -0.4 is 5.32 Å². The maximum atomic E-state index is 12.5. The summed E-state index contributed by atoms with van der Waals surface area (Å²) in [4.78, 5) is 14.0. The van der Waals surface area contributed by atoms with Crippen LogP contribution in [0.25, 0.3) is 0 Å². The molecule has 1 aliphatic rings. The highest BCUT2D eigenvalue weighted by molar-refractivity contribution is 7.89. The molecule has 0 saturated carbocycles. The smallest absolute Gasteiger partial charge is 0.253 e. The molecule has 1 heterocycles. The van der Waals surface area contributed by atoms with Gasteiger partial charge in [0.05, 0.1) is 18.1 Å². The minimum atomic E-state index is -3.52. The second kappa shape index (κ2) is 9.33. The Hall–Kier alpha value is -1.19. The van der Waals surface area contributed by atoms with Crippen molar-refractivity contribution >= 4 is 28.3 Å². The van der Waals surface area contributed by atoms with E-state index in [1.807, 2.05) is 7.05 Å². The number of hydrogen-bond acceptors (Lipinski definition) is 5. The van der Waals surface area contributed by atoms with Gasteiger partial charge in [-0.25, -0.2) is 8.42 Å². The standard InChI is InChI=1S/C15H23N3O4S.ClH/c1-16-7-8-17(2)15(19)13-3-5-14(6-4-13)23(20,21)18-9-11-22-12-10-18;/h3-6,16H,7-12H2,1-2H3;1H. The van der Waals surface area contributed by atoms with Gasteiger partial charge in [-0.3, -0.25) is 4.79 Å². The molecule has 1 aromatic rings. The Morgan fingerprint density at radius 2 is 1.83 bits per heavy atom. The molecule has 0 atom stereocenters. The first-order chi connectivity index (χ1) is 11.0. The predicted octanol–water partition coefficient (Wildman–Crippen LogP) is 0.421. The van der Waals surface area contributed by atoms with Gasteiger partial charge in [0.15, 0.2) is 0 Å². The maximum Gasteiger partial charge on any atom is 0.253 e. The van der Waals surface area contributed by atoms with Crippen molar-refractivity contribution in [1.82, 2.24) is 14.5 Å². The number of rotatable bonds is 6. The van der Waals surface area contributed by atoms with Crippen molar-refractivity contribution in [3.8, 4) is 0 Å². The Kier molecular flexibility index (Phi) is 8.11. The lowest BCUT2D eigenvalue weighted by Gasteiger charge is -2.26. The van der Waals surface area contributed by atoms with Crippen molar-refractivity contribution in [1.29, 1.82) is 0 Å². The quantitative estimate of drug-likeness (QED) is 0.777. The molecule has 24 heavy (non-hydrogen) atoms. The average Bonchev–Trinajstić information content (AvgIpc) is 2.59. The van der Waals surface area contributed by atoms with Gasteiger partial charge in [-0.05, 0) is 31.3 Å². The van der Waals surface area contributed by atoms with Crippen LogP contribution in [0.2, 0.25) is 0 Å². The van der Waals surface area contributed by atoms with Crippen LogP contribution in [-0.4, -0.2) is 77.0 Å². The van der Waals surface area contributed by atoms with Crippen LogP contribution >= 0.6 is 12.4 Å². The van der Waals surface area contributed by atoms with Crippen LogP contribution in [0.4, 0.5) is 0 Å². The zero-order chi connectivity index (χ0) is 16.9. The number of nitrogens with one attached hydrogen (secondary N) is 1. The van der Waals surface area contributed by atoms with E-state index in [0.717, 1.165) is 0 Å². The summed E-state index contributed by atoms with van der Waals surface area (Å²) in [5.41, 5.74) is 0.476. The van der Waals surface area contributed by atoms with E-state index in [9.17, 15) is 13.2 Å². The molecular formula is C15H24ClN3O4S. The van der Waals surface area contributed by atoms with E-state index in [0.29, 0.717) is 45.0 Å². The molecule has 1 saturated heterocycles. The summed E-state index contributed by atoms with van der Waals surface area (Å²) in [6.07, 6.45) is 0. The van der Waals surface area contributed by atoms with Gasteiger partial charge in [-0.1, -0.05) is 0 Å². The first-order valence-electron chi connectivity index (χ1n) is 7.55. The summed E-state index contributed by atoms with van der Waals surface area (Å²) in [7, 11) is 0.0228. The van der Waals surface area contributed by atoms with Crippen molar-refractivity contribution in [2.24, 2.45) is 0 Å². The van der Waals surface area contributed by atoms with Crippen LogP contribution in [0.3, 0.4) is 0 Å². The minimum absolute atomic E-state index is 0. The Labute approximate surface area is 149 Å². The van der Waals surface area contributed by atoms with Gasteiger partial charge in [0.1, 0.15) is 0 Å². The van der Waals surface area contributed by atoms with Crippen molar-refractivity contribution in [2.45, 2.75) is 4.90 Å². The van der Waals surface area contributed by atoms with E-state index in [1.165, 1.54) is 16.4 Å². The summed E-state index contributed by atoms with van der Waals surface area (Å²) < 4.78 is 31.6. The zero-order valence-electron chi connectivity index (χ0n) is 13.9. The lowest BCUT2D eigenvalue weighted by molar-refractivity contribution is 0.0730. The molecule has 1 aliphatic heterocycles. The predicted molar refractivity (Wildman–Crippen MR) is 94.2 cm³/mol. The molecule has 2 rings (SSSR count). The first kappa shape index (κ1) is 20.9. The fraction of sp³-hybridized carbons (Fsp3) is 0.533. The molecule has 0 spiro atoms. The number of carbonyl (C=O) groups is 1. The van der Waals surface area contributed by atoms with Crippen LogP contribution in [0.5, 0.6) is 0 Å². The molecule has 1 amide bonds. The molecule has 9 heteroatoms. The number of halogens is 1. The molecule has 0 unspecified atom stereocenters. The number of hydrogen-bond donors (Lipinski definition) is 1. The molecule has 0 bridgehead atoms. The van der Waals surface area contributed by atoms with Crippen molar-refractivity contribution in [2.75, 3.05) is 53.5 Å². The number of amides is 1. The molecular weight excluding hydrogens is 354 g/mol. The molecule has 1 fully saturated rings. The van der Waals surface area contributed by atoms with Crippen LogP contribution in [0.15, 0.2) is 29.2 Å². The van der Waals surface area contributed by atoms with E-state index in [-0.39, 0.29) is 23.2 Å². The van der Waals surface area contributed by atoms with Gasteiger partial charge in [0.2, 0.25) is 10.0 Å². The third-order valence-corrected chi connectivity index (χ3v) is 5.67. The molecule has 0 aliphatic carbocycles. The fourth-order valence-electron chi connectivity index (χ4n) is 2.31. The number of ether oxygens (including phenoxy) is 1. The van der Waals surface area contributed by atoms with Crippen LogP contribution in [0.1, 0.15) is 10.4 Å². The number of benzene rings is 1. The molecule has 1 N–H and O–H groups in total. The Balaban J connectivity index is 0.00000288. The highest BCUT2D eigenvalue weighted by Gasteiger charge is 2.26. The first-order valence-corrected chi connectivity index (χ1v) is 8.99. The monoisotopic (exact) mass is 377 g/mol. The lowest BCUT2D eigenvalue weighted by atomic mass is 10.2. The molecule has 1 aromatic carbocycles. The highest BCUT2D eigenvalue weighted by atomic mass is 35.5. The molecule has 136 valence electrons. The Bertz CT molecular complexity index is 631. The lowest BCUT2D eigenvalue weighted by Crippen LogP contribution is -2.40. The number of carbonyl (C=O) groups excluding carboxylic acids is 1. The van der Waals surface area contributed by atoms with Gasteiger partial charge in [0.25, 0.3) is 5.91 Å². The number of morpholine rings is 1. The third-order valence-electron chi connectivity index (χ3n) is 3.75. The minimum Gasteiger partial charge on any atom is -0.379 e. The second-order valence-electron chi connectivity index (χ2n) is 5.37. The van der Waals surface area contributed by atoms with E-state index in [1.54, 1.807) is 24.1 Å². The fourth-order valence-corrected chi connectivity index (χ4v) is 3.71. The largest absolute Gasteiger partial charge is 0.379 e. The SMILES string of the molecule is CNCCN(C)C(=O)c1ccc(S(=O)(=O)N2CCOCC2)cc1.Cl. The van der Waals surface area contributed by atoms with Gasteiger partial charge in [-0.15, -0.1) is 12.4 Å². The van der Waals surface area contributed by atoms with Crippen LogP contribution in [0, 0.1) is 0 Å². The normalized spacial score (nSPS) is 15.6. The Morgan fingerprint density at radius 3 is 2.38 bits per heavy atom. The maximum absolute atomic E-state index is 12.5. The van der Waals surface area contributed by atoms with Crippen molar-refractivity contribution in [3.63, 3.8) is 0 Å². The van der Waals surface area contributed by atoms with Crippen LogP contribution in [-0.2, 0) is 14.8 Å². The van der Waals surface area contributed by atoms with Crippen molar-refractivity contribution in [3.05, 3.63) is 29.8 Å². The highest BCUT2D eigenvalue weighted by Crippen LogP contribution is 2.18. The number of nitrogens with zero attached hydrogens (tertiary/aromatic N) is 2. The molecule has 0 radical (unpaired) electrons. The molecule has 7 nitrogen and oxygen atoms in total. The van der Waals surface area contributed by atoms with E-state index in [2.05, 4.69) is 5.32 Å². The number of sulfonamides is 1. The summed E-state index contributed by atoms with van der Waals surface area (Å²) in [5.74, 6) is -0.129. The summed E-state index contributed by atoms with van der Waals surface area (Å²) in [5, 5.41) is 2.98. The average molecular weight is 378 g/mol.